The Morgan fingerprint density at radius 2 is 2.06 bits per heavy atom. The van der Waals surface area contributed by atoms with Crippen molar-refractivity contribution in [1.29, 1.82) is 0 Å². The Balaban J connectivity index is 1.87. The summed E-state index contributed by atoms with van der Waals surface area (Å²) in [4.78, 5) is 2.25. The van der Waals surface area contributed by atoms with Gasteiger partial charge in [-0.3, -0.25) is 9.58 Å². The number of rotatable bonds is 5. The second-order valence-corrected chi connectivity index (χ2v) is 5.95. The van der Waals surface area contributed by atoms with E-state index < -0.39 is 5.60 Å². The van der Waals surface area contributed by atoms with Gasteiger partial charge in [-0.1, -0.05) is 20.8 Å². The third-order valence-electron chi connectivity index (χ3n) is 4.16. The zero-order valence-electron chi connectivity index (χ0n) is 11.9. The number of aromatic nitrogens is 2. The van der Waals surface area contributed by atoms with Crippen LogP contribution in [0, 0.1) is 5.92 Å². The summed E-state index contributed by atoms with van der Waals surface area (Å²) in [5.41, 5.74) is 0.611. The van der Waals surface area contributed by atoms with Gasteiger partial charge in [0.15, 0.2) is 0 Å². The van der Waals surface area contributed by atoms with Crippen molar-refractivity contribution in [3.05, 3.63) is 18.0 Å². The van der Waals surface area contributed by atoms with Crippen molar-refractivity contribution in [2.45, 2.75) is 52.3 Å². The Kier molecular flexibility index (Phi) is 3.78. The molecule has 1 aromatic rings. The highest BCUT2D eigenvalue weighted by Gasteiger charge is 2.43. The third kappa shape index (κ3) is 2.59. The fraction of sp³-hybridized carbons (Fsp3) is 0.786. The van der Waals surface area contributed by atoms with Crippen LogP contribution >= 0.6 is 0 Å². The molecule has 0 aromatic carbocycles. The molecule has 1 aliphatic rings. The molecule has 1 unspecified atom stereocenters. The van der Waals surface area contributed by atoms with Crippen molar-refractivity contribution in [1.82, 2.24) is 14.7 Å². The first-order valence-corrected chi connectivity index (χ1v) is 6.93. The molecule has 2 heterocycles. The summed E-state index contributed by atoms with van der Waals surface area (Å²) in [5.74, 6) is 0.325. The maximum atomic E-state index is 10.2. The number of likely N-dealkylation sites (tertiary alicyclic amines) is 1. The molecule has 4 heteroatoms. The molecule has 1 fully saturated rings. The fourth-order valence-electron chi connectivity index (χ4n) is 2.33. The second kappa shape index (κ2) is 5.02. The normalized spacial score (nSPS) is 21.0. The summed E-state index contributed by atoms with van der Waals surface area (Å²) >= 11 is 0. The van der Waals surface area contributed by atoms with Gasteiger partial charge in [0.25, 0.3) is 0 Å². The Bertz CT molecular complexity index is 393. The highest BCUT2D eigenvalue weighted by atomic mass is 16.3. The molecule has 102 valence electrons. The first-order chi connectivity index (χ1) is 8.44. The first-order valence-electron chi connectivity index (χ1n) is 6.93. The summed E-state index contributed by atoms with van der Waals surface area (Å²) in [6, 6.07) is 2.54. The maximum absolute atomic E-state index is 10.2. The molecule has 0 aliphatic carbocycles. The molecule has 1 aliphatic heterocycles. The number of hydrogen-bond acceptors (Lipinski definition) is 3. The highest BCUT2D eigenvalue weighted by molar-refractivity contribution is 5.04. The van der Waals surface area contributed by atoms with Crippen LogP contribution in [-0.4, -0.2) is 38.5 Å². The summed E-state index contributed by atoms with van der Waals surface area (Å²) in [6.07, 6.45) is 3.15. The quantitative estimate of drug-likeness (QED) is 0.871. The standard InChI is InChI=1S/C14H25N3O/c1-5-12(4)17-7-6-13(15-17)8-16-9-14(18,10-16)11(2)3/h6-7,11-12,18H,5,8-10H2,1-4H3. The molecule has 0 spiro atoms. The van der Waals surface area contributed by atoms with Crippen molar-refractivity contribution in [2.24, 2.45) is 5.92 Å². The van der Waals surface area contributed by atoms with Crippen molar-refractivity contribution in [3.8, 4) is 0 Å². The van der Waals surface area contributed by atoms with Crippen molar-refractivity contribution in [3.63, 3.8) is 0 Å². The average Bonchev–Trinajstić information content (AvgIpc) is 2.74. The van der Waals surface area contributed by atoms with Gasteiger partial charge < -0.3 is 5.11 Å². The van der Waals surface area contributed by atoms with E-state index in [0.29, 0.717) is 12.0 Å². The summed E-state index contributed by atoms with van der Waals surface area (Å²) in [6.45, 7) is 10.9. The van der Waals surface area contributed by atoms with Gasteiger partial charge >= 0.3 is 0 Å². The molecular weight excluding hydrogens is 226 g/mol. The van der Waals surface area contributed by atoms with Crippen LogP contribution in [0.3, 0.4) is 0 Å². The maximum Gasteiger partial charge on any atom is 0.0923 e. The van der Waals surface area contributed by atoms with Gasteiger partial charge in [0, 0.05) is 31.9 Å². The molecule has 1 N–H and O–H groups in total. The van der Waals surface area contributed by atoms with Crippen LogP contribution in [0.15, 0.2) is 12.3 Å². The topological polar surface area (TPSA) is 41.3 Å². The van der Waals surface area contributed by atoms with Crippen LogP contribution in [-0.2, 0) is 6.54 Å². The Morgan fingerprint density at radius 3 is 2.61 bits per heavy atom. The van der Waals surface area contributed by atoms with E-state index in [9.17, 15) is 5.11 Å². The van der Waals surface area contributed by atoms with E-state index in [1.165, 1.54) is 0 Å². The van der Waals surface area contributed by atoms with Gasteiger partial charge in [-0.15, -0.1) is 0 Å². The Hall–Kier alpha value is -0.870. The van der Waals surface area contributed by atoms with E-state index in [2.05, 4.69) is 50.0 Å². The first kappa shape index (κ1) is 13.6. The predicted octanol–water partition coefficient (Wildman–Crippen LogP) is 2.06. The smallest absolute Gasteiger partial charge is 0.0923 e. The Morgan fingerprint density at radius 1 is 1.39 bits per heavy atom. The number of aliphatic hydroxyl groups is 1. The van der Waals surface area contributed by atoms with Crippen LogP contribution in [0.2, 0.25) is 0 Å². The summed E-state index contributed by atoms with van der Waals surface area (Å²) < 4.78 is 2.03. The van der Waals surface area contributed by atoms with Crippen molar-refractivity contribution in [2.75, 3.05) is 13.1 Å². The summed E-state index contributed by atoms with van der Waals surface area (Å²) in [5, 5.41) is 14.8. The predicted molar refractivity (Wildman–Crippen MR) is 72.3 cm³/mol. The second-order valence-electron chi connectivity index (χ2n) is 5.95. The lowest BCUT2D eigenvalue weighted by atomic mass is 9.83. The van der Waals surface area contributed by atoms with Gasteiger partial charge in [-0.2, -0.15) is 5.10 Å². The van der Waals surface area contributed by atoms with Gasteiger partial charge in [0.2, 0.25) is 0 Å². The van der Waals surface area contributed by atoms with Crippen LogP contribution in [0.5, 0.6) is 0 Å². The molecule has 0 radical (unpaired) electrons. The molecule has 1 atom stereocenters. The number of β-amino-alcohol motifs (C(OH)–C–C–N with tert-alkyl or cyclic N) is 1. The highest BCUT2D eigenvalue weighted by Crippen LogP contribution is 2.29. The van der Waals surface area contributed by atoms with E-state index >= 15 is 0 Å². The van der Waals surface area contributed by atoms with Crippen molar-refractivity contribution >= 4 is 0 Å². The largest absolute Gasteiger partial charge is 0.387 e. The SMILES string of the molecule is CCC(C)n1ccc(CN2CC(O)(C(C)C)C2)n1. The number of hydrogen-bond donors (Lipinski definition) is 1. The van der Waals surface area contributed by atoms with Crippen molar-refractivity contribution < 1.29 is 5.11 Å². The van der Waals surface area contributed by atoms with Gasteiger partial charge in [0.05, 0.1) is 11.3 Å². The molecule has 4 nitrogen and oxygen atoms in total. The Labute approximate surface area is 110 Å². The summed E-state index contributed by atoms with van der Waals surface area (Å²) in [7, 11) is 0. The van der Waals surface area contributed by atoms with Gasteiger partial charge in [-0.25, -0.2) is 0 Å². The minimum absolute atomic E-state index is 0.325. The molecule has 1 saturated heterocycles. The molecule has 1 aromatic heterocycles. The van der Waals surface area contributed by atoms with Gasteiger partial charge in [-0.05, 0) is 25.3 Å². The molecule has 0 saturated carbocycles. The van der Waals surface area contributed by atoms with Crippen LogP contribution in [0.25, 0.3) is 0 Å². The van der Waals surface area contributed by atoms with E-state index in [1.807, 2.05) is 4.68 Å². The lowest BCUT2D eigenvalue weighted by Crippen LogP contribution is -2.63. The molecule has 18 heavy (non-hydrogen) atoms. The van der Waals surface area contributed by atoms with E-state index in [1.54, 1.807) is 0 Å². The lowest BCUT2D eigenvalue weighted by molar-refractivity contribution is -0.131. The van der Waals surface area contributed by atoms with E-state index in [4.69, 9.17) is 0 Å². The van der Waals surface area contributed by atoms with E-state index in [-0.39, 0.29) is 0 Å². The number of nitrogens with zero attached hydrogens (tertiary/aromatic N) is 3. The molecule has 0 bridgehead atoms. The lowest BCUT2D eigenvalue weighted by Gasteiger charge is -2.48. The average molecular weight is 251 g/mol. The third-order valence-corrected chi connectivity index (χ3v) is 4.16. The molecule has 0 amide bonds. The van der Waals surface area contributed by atoms with Crippen LogP contribution in [0.4, 0.5) is 0 Å². The zero-order valence-corrected chi connectivity index (χ0v) is 11.9. The zero-order chi connectivity index (χ0) is 13.3. The minimum atomic E-state index is -0.487. The van der Waals surface area contributed by atoms with Crippen LogP contribution in [0.1, 0.15) is 45.9 Å². The van der Waals surface area contributed by atoms with Gasteiger partial charge in [0.1, 0.15) is 0 Å². The molecular formula is C14H25N3O. The molecule has 2 rings (SSSR count). The fourth-order valence-corrected chi connectivity index (χ4v) is 2.33. The monoisotopic (exact) mass is 251 g/mol. The van der Waals surface area contributed by atoms with E-state index in [0.717, 1.165) is 31.7 Å². The minimum Gasteiger partial charge on any atom is -0.387 e. The van der Waals surface area contributed by atoms with Crippen LogP contribution < -0.4 is 0 Å².